The molecule has 2 rings (SSSR count). The minimum absolute atomic E-state index is 0.0969. The van der Waals surface area contributed by atoms with Gasteiger partial charge in [-0.05, 0) is 20.8 Å². The second-order valence-corrected chi connectivity index (χ2v) is 6.47. The molecule has 0 radical (unpaired) electrons. The summed E-state index contributed by atoms with van der Waals surface area (Å²) in [5, 5.41) is 19.6. The molecular formula is C12H19N5O3S. The maximum atomic E-state index is 12.5. The molecule has 8 nitrogen and oxygen atoms in total. The Hall–Kier alpha value is -1.71. The molecule has 0 aliphatic rings. The average molecular weight is 313 g/mol. The highest BCUT2D eigenvalue weighted by molar-refractivity contribution is 7.89. The van der Waals surface area contributed by atoms with E-state index in [0.717, 1.165) is 5.56 Å². The van der Waals surface area contributed by atoms with Crippen molar-refractivity contribution in [3.8, 4) is 0 Å². The van der Waals surface area contributed by atoms with Crippen LogP contribution < -0.4 is 4.72 Å². The fourth-order valence-electron chi connectivity index (χ4n) is 2.24. The number of aryl methyl sites for hydroxylation is 1. The normalized spacial score (nSPS) is 13.5. The van der Waals surface area contributed by atoms with Crippen LogP contribution in [0.15, 0.2) is 17.3 Å². The molecule has 2 heterocycles. The molecule has 0 saturated carbocycles. The van der Waals surface area contributed by atoms with Gasteiger partial charge in [0, 0.05) is 17.8 Å². The van der Waals surface area contributed by atoms with Gasteiger partial charge in [0.05, 0.1) is 30.7 Å². The van der Waals surface area contributed by atoms with E-state index in [1.165, 1.54) is 4.68 Å². The van der Waals surface area contributed by atoms with Crippen LogP contribution in [-0.2, 0) is 16.6 Å². The molecule has 116 valence electrons. The third-order valence-electron chi connectivity index (χ3n) is 3.25. The number of H-pyrrole nitrogens is 1. The number of aliphatic hydroxyl groups excluding tert-OH is 1. The maximum Gasteiger partial charge on any atom is 0.244 e. The highest BCUT2D eigenvalue weighted by Crippen LogP contribution is 2.22. The zero-order valence-electron chi connectivity index (χ0n) is 12.2. The quantitative estimate of drug-likeness (QED) is 0.708. The van der Waals surface area contributed by atoms with Gasteiger partial charge in [-0.1, -0.05) is 0 Å². The highest BCUT2D eigenvalue weighted by atomic mass is 32.2. The number of aliphatic hydroxyl groups is 1. The van der Waals surface area contributed by atoms with Crippen LogP contribution in [0.3, 0.4) is 0 Å². The van der Waals surface area contributed by atoms with Crippen molar-refractivity contribution in [2.75, 3.05) is 6.61 Å². The Balaban J connectivity index is 2.32. The Bertz CT molecular complexity index is 706. The van der Waals surface area contributed by atoms with Crippen LogP contribution >= 0.6 is 0 Å². The molecule has 0 aliphatic heterocycles. The molecule has 1 atom stereocenters. The third kappa shape index (κ3) is 3.14. The van der Waals surface area contributed by atoms with Crippen molar-refractivity contribution in [1.82, 2.24) is 24.7 Å². The number of nitrogens with one attached hydrogen (secondary N) is 2. The number of hydrogen-bond donors (Lipinski definition) is 3. The molecule has 0 spiro atoms. The van der Waals surface area contributed by atoms with Gasteiger partial charge in [-0.2, -0.15) is 10.2 Å². The molecule has 0 aliphatic carbocycles. The molecule has 0 aromatic carbocycles. The van der Waals surface area contributed by atoms with Crippen LogP contribution in [0.4, 0.5) is 0 Å². The highest BCUT2D eigenvalue weighted by Gasteiger charge is 2.26. The first-order valence-corrected chi connectivity index (χ1v) is 8.01. The first-order chi connectivity index (χ1) is 9.86. The molecule has 2 aromatic rings. The predicted octanol–water partition coefficient (Wildman–Crippen LogP) is 0.255. The Morgan fingerprint density at radius 1 is 1.48 bits per heavy atom. The molecule has 2 aromatic heterocycles. The molecule has 0 fully saturated rings. The lowest BCUT2D eigenvalue weighted by Gasteiger charge is -2.13. The van der Waals surface area contributed by atoms with Gasteiger partial charge in [0.25, 0.3) is 0 Å². The SMILES string of the molecule is Cc1nn(CCO)c(C)c1S(=O)(=O)NC(C)c1cn[nH]c1. The van der Waals surface area contributed by atoms with E-state index < -0.39 is 16.1 Å². The number of aromatic amines is 1. The number of sulfonamides is 1. The van der Waals surface area contributed by atoms with Crippen molar-refractivity contribution in [2.45, 2.75) is 38.3 Å². The lowest BCUT2D eigenvalue weighted by molar-refractivity contribution is 0.267. The van der Waals surface area contributed by atoms with Crippen molar-refractivity contribution in [1.29, 1.82) is 0 Å². The molecule has 9 heteroatoms. The summed E-state index contributed by atoms with van der Waals surface area (Å²) in [6, 6.07) is -0.409. The second-order valence-electron chi connectivity index (χ2n) is 4.82. The Morgan fingerprint density at radius 2 is 2.19 bits per heavy atom. The molecule has 0 amide bonds. The lowest BCUT2D eigenvalue weighted by Crippen LogP contribution is -2.27. The Kier molecular flexibility index (Phi) is 4.45. The topological polar surface area (TPSA) is 113 Å². The fraction of sp³-hybridized carbons (Fsp3) is 0.500. The zero-order chi connectivity index (χ0) is 15.6. The van der Waals surface area contributed by atoms with E-state index in [0.29, 0.717) is 11.4 Å². The molecule has 21 heavy (non-hydrogen) atoms. The van der Waals surface area contributed by atoms with Gasteiger partial charge in [0.15, 0.2) is 0 Å². The van der Waals surface area contributed by atoms with Gasteiger partial charge < -0.3 is 5.11 Å². The molecule has 0 bridgehead atoms. The summed E-state index contributed by atoms with van der Waals surface area (Å²) in [6.45, 7) is 5.22. The van der Waals surface area contributed by atoms with Crippen LogP contribution in [-0.4, -0.2) is 40.1 Å². The van der Waals surface area contributed by atoms with Gasteiger partial charge in [0.2, 0.25) is 10.0 Å². The van der Waals surface area contributed by atoms with Crippen LogP contribution in [0.2, 0.25) is 0 Å². The Morgan fingerprint density at radius 3 is 2.76 bits per heavy atom. The van der Waals surface area contributed by atoms with E-state index in [1.54, 1.807) is 33.2 Å². The van der Waals surface area contributed by atoms with E-state index in [1.807, 2.05) is 0 Å². The average Bonchev–Trinajstić information content (AvgIpc) is 2.98. The third-order valence-corrected chi connectivity index (χ3v) is 5.04. The zero-order valence-corrected chi connectivity index (χ0v) is 13.0. The van der Waals surface area contributed by atoms with Gasteiger partial charge in [-0.15, -0.1) is 0 Å². The first-order valence-electron chi connectivity index (χ1n) is 6.52. The van der Waals surface area contributed by atoms with E-state index in [2.05, 4.69) is 20.0 Å². The standard InChI is InChI=1S/C12H19N5O3S/c1-8(11-6-13-14-7-11)16-21(19,20)12-9(2)15-17(4-5-18)10(12)3/h6-8,16,18H,4-5H2,1-3H3,(H,13,14). The predicted molar refractivity (Wildman–Crippen MR) is 76.1 cm³/mol. The fourth-order valence-corrected chi connectivity index (χ4v) is 3.88. The van der Waals surface area contributed by atoms with Gasteiger partial charge in [-0.25, -0.2) is 13.1 Å². The van der Waals surface area contributed by atoms with Crippen LogP contribution in [0.5, 0.6) is 0 Å². The van der Waals surface area contributed by atoms with Crippen molar-refractivity contribution < 1.29 is 13.5 Å². The van der Waals surface area contributed by atoms with Crippen molar-refractivity contribution in [2.24, 2.45) is 0 Å². The summed E-state index contributed by atoms with van der Waals surface area (Å²) in [6.07, 6.45) is 3.21. The summed E-state index contributed by atoms with van der Waals surface area (Å²) in [7, 11) is -3.70. The van der Waals surface area contributed by atoms with Gasteiger partial charge in [0.1, 0.15) is 4.90 Å². The maximum absolute atomic E-state index is 12.5. The monoisotopic (exact) mass is 313 g/mol. The van der Waals surface area contributed by atoms with Gasteiger partial charge in [-0.3, -0.25) is 9.78 Å². The van der Waals surface area contributed by atoms with Crippen LogP contribution in [0, 0.1) is 13.8 Å². The molecule has 1 unspecified atom stereocenters. The Labute approximate surface area is 123 Å². The van der Waals surface area contributed by atoms with E-state index in [9.17, 15) is 8.42 Å². The number of rotatable bonds is 6. The molecular weight excluding hydrogens is 294 g/mol. The smallest absolute Gasteiger partial charge is 0.244 e. The molecule has 0 saturated heterocycles. The van der Waals surface area contributed by atoms with Crippen LogP contribution in [0.25, 0.3) is 0 Å². The van der Waals surface area contributed by atoms with Crippen LogP contribution in [0.1, 0.15) is 29.9 Å². The largest absolute Gasteiger partial charge is 0.394 e. The summed E-state index contributed by atoms with van der Waals surface area (Å²) in [5.74, 6) is 0. The summed E-state index contributed by atoms with van der Waals surface area (Å²) < 4.78 is 29.2. The minimum Gasteiger partial charge on any atom is -0.394 e. The van der Waals surface area contributed by atoms with Crippen molar-refractivity contribution in [3.05, 3.63) is 29.3 Å². The second kappa shape index (κ2) is 5.96. The van der Waals surface area contributed by atoms with Crippen molar-refractivity contribution >= 4 is 10.0 Å². The lowest BCUT2D eigenvalue weighted by atomic mass is 10.2. The minimum atomic E-state index is -3.70. The number of nitrogens with zero attached hydrogens (tertiary/aromatic N) is 3. The van der Waals surface area contributed by atoms with Crippen molar-refractivity contribution in [3.63, 3.8) is 0 Å². The van der Waals surface area contributed by atoms with Gasteiger partial charge >= 0.3 is 0 Å². The summed E-state index contributed by atoms with van der Waals surface area (Å²) in [5.41, 5.74) is 1.66. The van der Waals surface area contributed by atoms with E-state index in [-0.39, 0.29) is 18.0 Å². The van der Waals surface area contributed by atoms with E-state index >= 15 is 0 Å². The summed E-state index contributed by atoms with van der Waals surface area (Å²) in [4.78, 5) is 0.159. The number of hydrogen-bond acceptors (Lipinski definition) is 5. The first kappa shape index (κ1) is 15.7. The van der Waals surface area contributed by atoms with E-state index in [4.69, 9.17) is 5.11 Å². The number of aromatic nitrogens is 4. The summed E-state index contributed by atoms with van der Waals surface area (Å²) >= 11 is 0. The molecule has 3 N–H and O–H groups in total.